The minimum absolute atomic E-state index is 0.0752. The molecular formula is C25H26Cl2N8O5. The third-order valence-corrected chi connectivity index (χ3v) is 7.22. The summed E-state index contributed by atoms with van der Waals surface area (Å²) in [7, 11) is 2.92. The van der Waals surface area contributed by atoms with E-state index in [1.54, 1.807) is 18.5 Å². The Bertz CT molecular complexity index is 1410. The van der Waals surface area contributed by atoms with Crippen molar-refractivity contribution in [2.75, 3.05) is 42.5 Å². The van der Waals surface area contributed by atoms with Crippen LogP contribution < -0.4 is 29.9 Å². The number of hydrogen-bond donors (Lipinski definition) is 3. The van der Waals surface area contributed by atoms with E-state index < -0.39 is 6.03 Å². The smallest absolute Gasteiger partial charge is 0.330 e. The molecule has 4 heterocycles. The molecule has 0 radical (unpaired) electrons. The number of imidazole rings is 1. The summed E-state index contributed by atoms with van der Waals surface area (Å²) in [5.74, 6) is 0.927. The molecule has 3 N–H and O–H groups in total. The number of aromatic nitrogens is 4. The molecule has 3 amide bonds. The molecule has 3 aromatic rings. The van der Waals surface area contributed by atoms with E-state index in [0.717, 1.165) is 0 Å². The van der Waals surface area contributed by atoms with E-state index in [1.807, 2.05) is 0 Å². The number of nitrogens with one attached hydrogen (secondary N) is 3. The molecule has 1 fully saturated rings. The summed E-state index contributed by atoms with van der Waals surface area (Å²) in [5, 5.41) is 6.34. The van der Waals surface area contributed by atoms with E-state index in [1.165, 1.54) is 36.4 Å². The van der Waals surface area contributed by atoms with Crippen LogP contribution in [0.25, 0.3) is 0 Å². The highest BCUT2D eigenvalue weighted by molar-refractivity contribution is 6.42. The number of nitrogens with zero attached hydrogens (tertiary/aromatic N) is 5. The number of benzene rings is 1. The molecule has 2 unspecified atom stereocenters. The van der Waals surface area contributed by atoms with Crippen molar-refractivity contribution in [3.63, 3.8) is 0 Å². The van der Waals surface area contributed by atoms with Crippen LogP contribution in [0.5, 0.6) is 11.5 Å². The predicted molar refractivity (Wildman–Crippen MR) is 148 cm³/mol. The lowest BCUT2D eigenvalue weighted by Gasteiger charge is -2.37. The van der Waals surface area contributed by atoms with Gasteiger partial charge in [-0.3, -0.25) is 14.6 Å². The van der Waals surface area contributed by atoms with Crippen LogP contribution in [0.1, 0.15) is 11.3 Å². The zero-order valence-electron chi connectivity index (χ0n) is 21.6. The average Bonchev–Trinajstić information content (AvgIpc) is 3.63. The number of rotatable bonds is 9. The van der Waals surface area contributed by atoms with E-state index in [0.29, 0.717) is 41.8 Å². The first-order valence-corrected chi connectivity index (χ1v) is 12.9. The Hall–Kier alpha value is -4.07. The summed E-state index contributed by atoms with van der Waals surface area (Å²) in [4.78, 5) is 45.1. The van der Waals surface area contributed by atoms with Gasteiger partial charge in [-0.25, -0.2) is 14.8 Å². The number of H-pyrrole nitrogens is 1. The second kappa shape index (κ2) is 11.6. The first-order chi connectivity index (χ1) is 19.3. The Morgan fingerprint density at radius 1 is 1.23 bits per heavy atom. The van der Waals surface area contributed by atoms with E-state index in [-0.39, 0.29) is 52.8 Å². The Labute approximate surface area is 239 Å². The van der Waals surface area contributed by atoms with Crippen LogP contribution >= 0.6 is 23.2 Å². The average molecular weight is 589 g/mol. The molecule has 2 aliphatic heterocycles. The maximum atomic E-state index is 14.0. The molecular weight excluding hydrogens is 563 g/mol. The van der Waals surface area contributed by atoms with E-state index in [4.69, 9.17) is 37.4 Å². The molecule has 2 aliphatic rings. The highest BCUT2D eigenvalue weighted by Crippen LogP contribution is 2.48. The molecule has 0 bridgehead atoms. The van der Waals surface area contributed by atoms with E-state index >= 15 is 0 Å². The van der Waals surface area contributed by atoms with Crippen molar-refractivity contribution in [1.29, 1.82) is 0 Å². The highest BCUT2D eigenvalue weighted by Gasteiger charge is 2.37. The summed E-state index contributed by atoms with van der Waals surface area (Å²) >= 11 is 13.3. The molecule has 15 heteroatoms. The second-order valence-corrected chi connectivity index (χ2v) is 9.68. The predicted octanol–water partition coefficient (Wildman–Crippen LogP) is 3.15. The van der Waals surface area contributed by atoms with Crippen molar-refractivity contribution < 1.29 is 23.8 Å². The van der Waals surface area contributed by atoms with Gasteiger partial charge in [0, 0.05) is 24.0 Å². The maximum Gasteiger partial charge on any atom is 0.330 e. The molecule has 40 heavy (non-hydrogen) atoms. The number of amides is 3. The number of urea groups is 1. The van der Waals surface area contributed by atoms with Gasteiger partial charge >= 0.3 is 6.03 Å². The number of aromatic amines is 1. The number of hydrogen-bond acceptors (Lipinski definition) is 9. The minimum Gasteiger partial charge on any atom is -0.495 e. The maximum absolute atomic E-state index is 14.0. The third kappa shape index (κ3) is 5.22. The molecule has 0 spiro atoms. The summed E-state index contributed by atoms with van der Waals surface area (Å²) in [5.41, 5.74) is 1.47. The zero-order valence-corrected chi connectivity index (χ0v) is 23.1. The van der Waals surface area contributed by atoms with Gasteiger partial charge < -0.3 is 29.8 Å². The molecule has 2 atom stereocenters. The molecule has 13 nitrogen and oxygen atoms in total. The van der Waals surface area contributed by atoms with Gasteiger partial charge in [0.05, 0.1) is 70.3 Å². The fourth-order valence-electron chi connectivity index (χ4n) is 4.50. The third-order valence-electron chi connectivity index (χ3n) is 6.49. The van der Waals surface area contributed by atoms with Gasteiger partial charge in [0.25, 0.3) is 0 Å². The Morgan fingerprint density at radius 3 is 2.60 bits per heavy atom. The molecule has 0 saturated carbocycles. The normalized spacial score (nSPS) is 18.4. The van der Waals surface area contributed by atoms with Gasteiger partial charge in [-0.1, -0.05) is 29.8 Å². The lowest BCUT2D eigenvalue weighted by Crippen LogP contribution is -2.48. The number of fused-ring (bicyclic) bond motifs is 1. The van der Waals surface area contributed by atoms with Gasteiger partial charge in [0.1, 0.15) is 27.4 Å². The van der Waals surface area contributed by atoms with E-state index in [9.17, 15) is 9.59 Å². The lowest BCUT2D eigenvalue weighted by molar-refractivity contribution is -0.117. The SMILES string of the molecule is C=CC(=O)NC1COCC1Nc1ncc2c(n1)N(Cc1c[nH]cn1)C(=O)N(c1c(Cl)c(OC)cc(OC)c1Cl)C2. The van der Waals surface area contributed by atoms with Crippen LogP contribution in [0, 0.1) is 0 Å². The van der Waals surface area contributed by atoms with Gasteiger partial charge in [0.15, 0.2) is 0 Å². The largest absolute Gasteiger partial charge is 0.495 e. The van der Waals surface area contributed by atoms with Crippen molar-refractivity contribution in [3.8, 4) is 11.5 Å². The topological polar surface area (TPSA) is 147 Å². The summed E-state index contributed by atoms with van der Waals surface area (Å²) in [6, 6.07) is 0.505. The first kappa shape index (κ1) is 27.5. The number of methoxy groups -OCH3 is 2. The number of halogens is 2. The molecule has 2 aromatic heterocycles. The number of ether oxygens (including phenoxy) is 3. The molecule has 5 rings (SSSR count). The molecule has 210 valence electrons. The monoisotopic (exact) mass is 588 g/mol. The second-order valence-electron chi connectivity index (χ2n) is 8.92. The summed E-state index contributed by atoms with van der Waals surface area (Å²) < 4.78 is 16.3. The van der Waals surface area contributed by atoms with Gasteiger partial charge in [-0.15, -0.1) is 0 Å². The highest BCUT2D eigenvalue weighted by atomic mass is 35.5. The fourth-order valence-corrected chi connectivity index (χ4v) is 5.20. The van der Waals surface area contributed by atoms with Crippen molar-refractivity contribution in [2.24, 2.45) is 0 Å². The van der Waals surface area contributed by atoms with Crippen LogP contribution in [0.4, 0.5) is 22.2 Å². The molecule has 1 saturated heterocycles. The van der Waals surface area contributed by atoms with Gasteiger partial charge in [-0.05, 0) is 6.08 Å². The lowest BCUT2D eigenvalue weighted by atomic mass is 10.1. The van der Waals surface area contributed by atoms with E-state index in [2.05, 4.69) is 37.1 Å². The quantitative estimate of drug-likeness (QED) is 0.320. The molecule has 0 aliphatic carbocycles. The summed E-state index contributed by atoms with van der Waals surface area (Å²) in [6.45, 7) is 4.32. The number of carbonyl (C=O) groups excluding carboxylic acids is 2. The van der Waals surface area contributed by atoms with Crippen LogP contribution in [0.3, 0.4) is 0 Å². The van der Waals surface area contributed by atoms with Crippen molar-refractivity contribution in [1.82, 2.24) is 25.3 Å². The summed E-state index contributed by atoms with van der Waals surface area (Å²) in [6.07, 6.45) is 6.02. The van der Waals surface area contributed by atoms with Crippen LogP contribution in [0.2, 0.25) is 10.0 Å². The van der Waals surface area contributed by atoms with Crippen LogP contribution in [-0.4, -0.2) is 71.4 Å². The standard InChI is InChI=1S/C25H26Cl2N8O5/c1-4-19(36)31-15-10-40-11-16(15)32-24-29-6-13-8-34(22-20(26)17(38-2)5-18(39-3)21(22)27)25(37)35(23(13)33-24)9-14-7-28-12-30-14/h4-7,12,15-16H,1,8-11H2,2-3H3,(H,28,30)(H,31,36)(H,29,32,33). The van der Waals surface area contributed by atoms with Crippen LogP contribution in [0.15, 0.2) is 37.4 Å². The van der Waals surface area contributed by atoms with Crippen LogP contribution in [-0.2, 0) is 22.6 Å². The zero-order chi connectivity index (χ0) is 28.4. The van der Waals surface area contributed by atoms with Crippen molar-refractivity contribution in [3.05, 3.63) is 58.7 Å². The Balaban J connectivity index is 1.52. The Morgan fingerprint density at radius 2 is 1.95 bits per heavy atom. The van der Waals surface area contributed by atoms with Crippen molar-refractivity contribution >= 4 is 52.6 Å². The number of anilines is 3. The van der Waals surface area contributed by atoms with Crippen molar-refractivity contribution in [2.45, 2.75) is 25.2 Å². The minimum atomic E-state index is -0.445. The first-order valence-electron chi connectivity index (χ1n) is 12.1. The Kier molecular flexibility index (Phi) is 7.96. The molecule has 1 aromatic carbocycles. The van der Waals surface area contributed by atoms with Gasteiger partial charge in [0.2, 0.25) is 11.9 Å². The number of carbonyl (C=O) groups is 2. The van der Waals surface area contributed by atoms with Gasteiger partial charge in [-0.2, -0.15) is 4.98 Å². The fraction of sp³-hybridized carbons (Fsp3) is 0.320.